The molecule has 0 amide bonds. The second-order valence-electron chi connectivity index (χ2n) is 4.28. The Bertz CT molecular complexity index is 559. The van der Waals surface area contributed by atoms with Crippen molar-refractivity contribution in [3.05, 3.63) is 45.1 Å². The molecule has 0 saturated carbocycles. The average Bonchev–Trinajstić information content (AvgIpc) is 2.65. The number of aromatic carboxylic acids is 1. The predicted octanol–water partition coefficient (Wildman–Crippen LogP) is 4.04. The minimum atomic E-state index is -0.858. The van der Waals surface area contributed by atoms with Crippen LogP contribution in [0.4, 0.5) is 0 Å². The normalized spacial score (nSPS) is 10.5. The molecule has 2 nitrogen and oxygen atoms in total. The van der Waals surface area contributed by atoms with Crippen LogP contribution in [0, 0.1) is 20.8 Å². The number of aryl methyl sites for hydroxylation is 3. The molecule has 0 aliphatic heterocycles. The number of thiophene rings is 1. The summed E-state index contributed by atoms with van der Waals surface area (Å²) in [4.78, 5) is 11.3. The molecule has 1 aromatic heterocycles. The number of rotatable bonds is 2. The smallest absolute Gasteiger partial charge is 0.345 e. The molecule has 2 aromatic rings. The molecule has 3 heteroatoms. The molecule has 0 bridgehead atoms. The van der Waals surface area contributed by atoms with Crippen molar-refractivity contribution in [2.45, 2.75) is 20.8 Å². The minimum Gasteiger partial charge on any atom is -0.477 e. The molecule has 0 unspecified atom stereocenters. The maximum atomic E-state index is 10.9. The van der Waals surface area contributed by atoms with Gasteiger partial charge in [-0.05, 0) is 54.5 Å². The molecule has 0 aliphatic carbocycles. The van der Waals surface area contributed by atoms with Crippen molar-refractivity contribution in [2.24, 2.45) is 0 Å². The first-order valence-corrected chi connectivity index (χ1v) is 6.27. The fraction of sp³-hybridized carbons (Fsp3) is 0.214. The van der Waals surface area contributed by atoms with E-state index in [2.05, 4.69) is 32.9 Å². The maximum Gasteiger partial charge on any atom is 0.345 e. The molecule has 2 rings (SSSR count). The fourth-order valence-electron chi connectivity index (χ4n) is 2.21. The first-order chi connectivity index (χ1) is 7.99. The highest BCUT2D eigenvalue weighted by molar-refractivity contribution is 7.12. The van der Waals surface area contributed by atoms with E-state index in [9.17, 15) is 4.79 Å². The molecule has 0 radical (unpaired) electrons. The van der Waals surface area contributed by atoms with Gasteiger partial charge in [-0.1, -0.05) is 17.7 Å². The molecule has 0 spiro atoms. The zero-order chi connectivity index (χ0) is 12.6. The van der Waals surface area contributed by atoms with Crippen LogP contribution in [0.3, 0.4) is 0 Å². The van der Waals surface area contributed by atoms with Gasteiger partial charge in [-0.2, -0.15) is 0 Å². The lowest BCUT2D eigenvalue weighted by Gasteiger charge is -2.09. The summed E-state index contributed by atoms with van der Waals surface area (Å²) in [5.41, 5.74) is 5.77. The summed E-state index contributed by atoms with van der Waals surface area (Å²) >= 11 is 1.27. The zero-order valence-corrected chi connectivity index (χ0v) is 10.9. The molecular formula is C14H14O2S. The summed E-state index contributed by atoms with van der Waals surface area (Å²) in [6.07, 6.45) is 0. The van der Waals surface area contributed by atoms with Gasteiger partial charge in [0.1, 0.15) is 4.88 Å². The lowest BCUT2D eigenvalue weighted by molar-refractivity contribution is 0.0702. The van der Waals surface area contributed by atoms with Crippen molar-refractivity contribution in [1.82, 2.24) is 0 Å². The summed E-state index contributed by atoms with van der Waals surface area (Å²) in [5, 5.41) is 10.8. The topological polar surface area (TPSA) is 37.3 Å². The standard InChI is InChI=1S/C14H14O2S/c1-8-4-9(2)13(10(3)5-8)11-6-12(14(15)16)17-7-11/h4-7H,1-3H3,(H,15,16). The van der Waals surface area contributed by atoms with E-state index in [-0.39, 0.29) is 0 Å². The Kier molecular flexibility index (Phi) is 3.03. The second kappa shape index (κ2) is 4.34. The van der Waals surface area contributed by atoms with Crippen LogP contribution in [-0.2, 0) is 0 Å². The van der Waals surface area contributed by atoms with E-state index < -0.39 is 5.97 Å². The van der Waals surface area contributed by atoms with Crippen molar-refractivity contribution < 1.29 is 9.90 Å². The minimum absolute atomic E-state index is 0.388. The van der Waals surface area contributed by atoms with Gasteiger partial charge in [0.2, 0.25) is 0 Å². The van der Waals surface area contributed by atoms with Gasteiger partial charge in [0.05, 0.1) is 0 Å². The summed E-state index contributed by atoms with van der Waals surface area (Å²) in [6.45, 7) is 6.20. The van der Waals surface area contributed by atoms with Crippen molar-refractivity contribution in [3.63, 3.8) is 0 Å². The van der Waals surface area contributed by atoms with Crippen LogP contribution in [0.5, 0.6) is 0 Å². The highest BCUT2D eigenvalue weighted by Gasteiger charge is 2.11. The van der Waals surface area contributed by atoms with Crippen LogP contribution in [0.1, 0.15) is 26.4 Å². The average molecular weight is 246 g/mol. The first kappa shape index (κ1) is 11.9. The molecule has 0 fully saturated rings. The monoisotopic (exact) mass is 246 g/mol. The van der Waals surface area contributed by atoms with E-state index in [1.807, 2.05) is 5.38 Å². The number of carboxylic acid groups (broad SMARTS) is 1. The van der Waals surface area contributed by atoms with Crippen LogP contribution in [-0.4, -0.2) is 11.1 Å². The van der Waals surface area contributed by atoms with Gasteiger partial charge in [0.25, 0.3) is 0 Å². The Morgan fingerprint density at radius 1 is 1.12 bits per heavy atom. The Labute approximate surface area is 105 Å². The van der Waals surface area contributed by atoms with Crippen molar-refractivity contribution in [3.8, 4) is 11.1 Å². The number of carbonyl (C=O) groups is 1. The van der Waals surface area contributed by atoms with Crippen LogP contribution >= 0.6 is 11.3 Å². The van der Waals surface area contributed by atoms with Gasteiger partial charge >= 0.3 is 5.97 Å². The van der Waals surface area contributed by atoms with Crippen LogP contribution < -0.4 is 0 Å². The quantitative estimate of drug-likeness (QED) is 0.868. The van der Waals surface area contributed by atoms with E-state index in [4.69, 9.17) is 5.11 Å². The Morgan fingerprint density at radius 3 is 2.18 bits per heavy atom. The molecule has 1 heterocycles. The van der Waals surface area contributed by atoms with Crippen molar-refractivity contribution in [1.29, 1.82) is 0 Å². The van der Waals surface area contributed by atoms with Crippen molar-refractivity contribution in [2.75, 3.05) is 0 Å². The molecule has 88 valence electrons. The van der Waals surface area contributed by atoms with E-state index in [1.165, 1.54) is 28.0 Å². The second-order valence-corrected chi connectivity index (χ2v) is 5.19. The molecule has 0 atom stereocenters. The van der Waals surface area contributed by atoms with Gasteiger partial charge in [-0.15, -0.1) is 11.3 Å². The molecule has 17 heavy (non-hydrogen) atoms. The van der Waals surface area contributed by atoms with E-state index in [0.717, 1.165) is 11.1 Å². The van der Waals surface area contributed by atoms with Crippen LogP contribution in [0.2, 0.25) is 0 Å². The van der Waals surface area contributed by atoms with Gasteiger partial charge in [-0.3, -0.25) is 0 Å². The first-order valence-electron chi connectivity index (χ1n) is 5.39. The number of carboxylic acids is 1. The van der Waals surface area contributed by atoms with E-state index in [0.29, 0.717) is 4.88 Å². The molecule has 1 aromatic carbocycles. The fourth-order valence-corrected chi connectivity index (χ4v) is 2.95. The van der Waals surface area contributed by atoms with Gasteiger partial charge < -0.3 is 5.11 Å². The Hall–Kier alpha value is -1.61. The van der Waals surface area contributed by atoms with Crippen LogP contribution in [0.25, 0.3) is 11.1 Å². The third-order valence-electron chi connectivity index (χ3n) is 2.78. The zero-order valence-electron chi connectivity index (χ0n) is 10.1. The molecule has 0 saturated heterocycles. The molecule has 0 aliphatic rings. The number of hydrogen-bond donors (Lipinski definition) is 1. The number of hydrogen-bond acceptors (Lipinski definition) is 2. The lowest BCUT2D eigenvalue weighted by Crippen LogP contribution is -1.91. The van der Waals surface area contributed by atoms with Gasteiger partial charge in [0, 0.05) is 0 Å². The van der Waals surface area contributed by atoms with Crippen LogP contribution in [0.15, 0.2) is 23.6 Å². The Morgan fingerprint density at radius 2 is 1.71 bits per heavy atom. The highest BCUT2D eigenvalue weighted by atomic mass is 32.1. The maximum absolute atomic E-state index is 10.9. The summed E-state index contributed by atoms with van der Waals surface area (Å²) in [5.74, 6) is -0.858. The third-order valence-corrected chi connectivity index (χ3v) is 3.69. The van der Waals surface area contributed by atoms with Crippen molar-refractivity contribution >= 4 is 17.3 Å². The summed E-state index contributed by atoms with van der Waals surface area (Å²) < 4.78 is 0. The third kappa shape index (κ3) is 2.24. The lowest BCUT2D eigenvalue weighted by atomic mass is 9.95. The Balaban J connectivity index is 2.56. The SMILES string of the molecule is Cc1cc(C)c(-c2csc(C(=O)O)c2)c(C)c1. The van der Waals surface area contributed by atoms with Gasteiger partial charge in [0.15, 0.2) is 0 Å². The number of benzene rings is 1. The van der Waals surface area contributed by atoms with Gasteiger partial charge in [-0.25, -0.2) is 4.79 Å². The molecular weight excluding hydrogens is 232 g/mol. The van der Waals surface area contributed by atoms with E-state index >= 15 is 0 Å². The highest BCUT2D eigenvalue weighted by Crippen LogP contribution is 2.31. The summed E-state index contributed by atoms with van der Waals surface area (Å²) in [7, 11) is 0. The molecule has 1 N–H and O–H groups in total. The largest absolute Gasteiger partial charge is 0.477 e. The van der Waals surface area contributed by atoms with E-state index in [1.54, 1.807) is 6.07 Å². The summed E-state index contributed by atoms with van der Waals surface area (Å²) in [6, 6.07) is 6.00. The predicted molar refractivity (Wildman–Crippen MR) is 70.9 cm³/mol.